The lowest BCUT2D eigenvalue weighted by molar-refractivity contribution is 0.0526. The number of hydrogen-bond acceptors (Lipinski definition) is 5. The zero-order valence-corrected chi connectivity index (χ0v) is 15.6. The fourth-order valence-electron chi connectivity index (χ4n) is 2.83. The molecule has 3 N–H and O–H groups in total. The lowest BCUT2D eigenvalue weighted by atomic mass is 10.2. The Kier molecular flexibility index (Phi) is 5.06. The summed E-state index contributed by atoms with van der Waals surface area (Å²) in [6.07, 6.45) is 4.51. The van der Waals surface area contributed by atoms with Crippen LogP contribution in [0.2, 0.25) is 0 Å². The second kappa shape index (κ2) is 7.29. The molecule has 3 heterocycles. The van der Waals surface area contributed by atoms with Crippen LogP contribution in [0.3, 0.4) is 0 Å². The van der Waals surface area contributed by atoms with Crippen LogP contribution >= 0.6 is 0 Å². The van der Waals surface area contributed by atoms with Crippen molar-refractivity contribution in [2.75, 3.05) is 26.2 Å². The molecule has 146 valence electrons. The third-order valence-electron chi connectivity index (χ3n) is 3.98. The van der Waals surface area contributed by atoms with Gasteiger partial charge in [-0.05, 0) is 26.8 Å². The molecule has 1 atom stereocenters. The highest BCUT2D eigenvalue weighted by Gasteiger charge is 2.32. The number of alkyl carbamates (subject to hydrolysis) is 1. The molecule has 4 amide bonds. The van der Waals surface area contributed by atoms with Gasteiger partial charge in [-0.2, -0.15) is 5.10 Å². The summed E-state index contributed by atoms with van der Waals surface area (Å²) >= 11 is 0. The molecule has 1 aromatic heterocycles. The number of rotatable bonds is 5. The van der Waals surface area contributed by atoms with Crippen LogP contribution in [-0.2, 0) is 4.74 Å². The molecule has 1 fully saturated rings. The summed E-state index contributed by atoms with van der Waals surface area (Å²) < 4.78 is 6.72. The molecular formula is C17H24N6O4. The highest BCUT2D eigenvalue weighted by atomic mass is 16.6. The van der Waals surface area contributed by atoms with E-state index < -0.39 is 11.7 Å². The number of amides is 4. The van der Waals surface area contributed by atoms with Crippen molar-refractivity contribution in [3.63, 3.8) is 0 Å². The van der Waals surface area contributed by atoms with Gasteiger partial charge in [0.05, 0.1) is 30.0 Å². The first-order valence-corrected chi connectivity index (χ1v) is 8.77. The van der Waals surface area contributed by atoms with Crippen molar-refractivity contribution in [1.82, 2.24) is 30.6 Å². The van der Waals surface area contributed by atoms with Crippen LogP contribution in [0.1, 0.15) is 31.1 Å². The van der Waals surface area contributed by atoms with Gasteiger partial charge in [0.15, 0.2) is 0 Å². The Morgan fingerprint density at radius 3 is 2.78 bits per heavy atom. The number of aromatic nitrogens is 2. The molecule has 10 heteroatoms. The molecule has 0 radical (unpaired) electrons. The number of nitrogens with one attached hydrogen (secondary N) is 3. The zero-order chi connectivity index (χ0) is 19.6. The molecule has 1 aromatic rings. The number of fused-ring (bicyclic) bond motifs is 2. The Morgan fingerprint density at radius 2 is 2.07 bits per heavy atom. The maximum atomic E-state index is 12.2. The van der Waals surface area contributed by atoms with Crippen molar-refractivity contribution in [2.24, 2.45) is 0 Å². The Balaban J connectivity index is 1.47. The van der Waals surface area contributed by atoms with Crippen molar-refractivity contribution >= 4 is 23.7 Å². The van der Waals surface area contributed by atoms with E-state index in [1.54, 1.807) is 36.5 Å². The standard InChI is InChI=1S/C17H24N6O4/c1-17(2,3)27-16(26)19-5-4-18-14(24)11-7-20-23(8-11)13-6-12-9-22(10-13)15(25)21-12/h6-8,12H,4-5,9-10H2,1-3H3,(H,18,24)(H,19,26)(H,21,25). The number of carbonyl (C=O) groups is 3. The van der Waals surface area contributed by atoms with E-state index in [1.165, 1.54) is 6.20 Å². The minimum Gasteiger partial charge on any atom is -0.444 e. The van der Waals surface area contributed by atoms with Crippen LogP contribution in [0.4, 0.5) is 9.59 Å². The predicted molar refractivity (Wildman–Crippen MR) is 97.0 cm³/mol. The minimum absolute atomic E-state index is 0.0262. The third kappa shape index (κ3) is 4.78. The Hall–Kier alpha value is -3.04. The van der Waals surface area contributed by atoms with Crippen molar-refractivity contribution in [2.45, 2.75) is 32.4 Å². The lowest BCUT2D eigenvalue weighted by Crippen LogP contribution is -2.37. The molecule has 1 unspecified atom stereocenters. The third-order valence-corrected chi connectivity index (χ3v) is 3.98. The topological polar surface area (TPSA) is 118 Å². The van der Waals surface area contributed by atoms with E-state index in [0.717, 1.165) is 5.70 Å². The average molecular weight is 376 g/mol. The van der Waals surface area contributed by atoms with E-state index in [0.29, 0.717) is 18.7 Å². The second-order valence-electron chi connectivity index (χ2n) is 7.45. The van der Waals surface area contributed by atoms with Gasteiger partial charge in [0.25, 0.3) is 5.91 Å². The first-order valence-electron chi connectivity index (χ1n) is 8.77. The van der Waals surface area contributed by atoms with Crippen LogP contribution in [0.25, 0.3) is 5.70 Å². The average Bonchev–Trinajstić information content (AvgIpc) is 3.15. The summed E-state index contributed by atoms with van der Waals surface area (Å²) in [4.78, 5) is 37.1. The van der Waals surface area contributed by atoms with Gasteiger partial charge < -0.3 is 25.6 Å². The summed E-state index contributed by atoms with van der Waals surface area (Å²) in [5, 5.41) is 12.3. The van der Waals surface area contributed by atoms with Crippen LogP contribution in [0.15, 0.2) is 18.5 Å². The van der Waals surface area contributed by atoms with Crippen LogP contribution < -0.4 is 16.0 Å². The van der Waals surface area contributed by atoms with Gasteiger partial charge in [0.1, 0.15) is 5.60 Å². The number of hydrogen-bond donors (Lipinski definition) is 3. The van der Waals surface area contributed by atoms with Crippen molar-refractivity contribution in [3.05, 3.63) is 24.0 Å². The number of nitrogens with zero attached hydrogens (tertiary/aromatic N) is 3. The normalized spacial score (nSPS) is 18.6. The molecule has 0 aliphatic carbocycles. The maximum Gasteiger partial charge on any atom is 0.407 e. The van der Waals surface area contributed by atoms with E-state index >= 15 is 0 Å². The highest BCUT2D eigenvalue weighted by Crippen LogP contribution is 2.19. The van der Waals surface area contributed by atoms with Crippen molar-refractivity contribution < 1.29 is 19.1 Å². The number of carbonyl (C=O) groups excluding carboxylic acids is 3. The first-order chi connectivity index (χ1) is 12.7. The van der Waals surface area contributed by atoms with Gasteiger partial charge in [-0.3, -0.25) is 4.79 Å². The maximum absolute atomic E-state index is 12.2. The fraction of sp³-hybridized carbons (Fsp3) is 0.529. The lowest BCUT2D eigenvalue weighted by Gasteiger charge is -2.20. The summed E-state index contributed by atoms with van der Waals surface area (Å²) in [5.74, 6) is -0.291. The van der Waals surface area contributed by atoms with E-state index in [2.05, 4.69) is 21.0 Å². The number of ether oxygens (including phenoxy) is 1. The molecule has 0 spiro atoms. The molecule has 27 heavy (non-hydrogen) atoms. The summed E-state index contributed by atoms with van der Waals surface area (Å²) in [6.45, 7) is 6.96. The van der Waals surface area contributed by atoms with Crippen LogP contribution in [0.5, 0.6) is 0 Å². The molecule has 3 rings (SSSR count). The quantitative estimate of drug-likeness (QED) is 0.643. The van der Waals surface area contributed by atoms with Crippen LogP contribution in [0, 0.1) is 0 Å². The molecular weight excluding hydrogens is 352 g/mol. The highest BCUT2D eigenvalue weighted by molar-refractivity contribution is 5.94. The van der Waals surface area contributed by atoms with E-state index in [4.69, 9.17) is 4.74 Å². The van der Waals surface area contributed by atoms with E-state index in [9.17, 15) is 14.4 Å². The molecule has 1 saturated heterocycles. The molecule has 2 bridgehead atoms. The van der Waals surface area contributed by atoms with Gasteiger partial charge in [0.2, 0.25) is 0 Å². The first kappa shape index (κ1) is 18.7. The van der Waals surface area contributed by atoms with Gasteiger partial charge in [0, 0.05) is 25.8 Å². The molecule has 10 nitrogen and oxygen atoms in total. The van der Waals surface area contributed by atoms with Gasteiger partial charge >= 0.3 is 12.1 Å². The molecule has 2 aliphatic rings. The minimum atomic E-state index is -0.564. The molecule has 2 aliphatic heterocycles. The Morgan fingerprint density at radius 1 is 1.33 bits per heavy atom. The summed E-state index contributed by atoms with van der Waals surface area (Å²) in [6, 6.07) is -0.115. The van der Waals surface area contributed by atoms with Crippen molar-refractivity contribution in [1.29, 1.82) is 0 Å². The molecule has 0 aromatic carbocycles. The summed E-state index contributed by atoms with van der Waals surface area (Å²) in [7, 11) is 0. The predicted octanol–water partition coefficient (Wildman–Crippen LogP) is 0.386. The largest absolute Gasteiger partial charge is 0.444 e. The summed E-state index contributed by atoms with van der Waals surface area (Å²) in [5.41, 5.74) is 0.682. The van der Waals surface area contributed by atoms with Crippen LogP contribution in [-0.4, -0.2) is 70.5 Å². The van der Waals surface area contributed by atoms with E-state index in [-0.39, 0.29) is 31.1 Å². The monoisotopic (exact) mass is 376 g/mol. The fourth-order valence-corrected chi connectivity index (χ4v) is 2.83. The SMILES string of the molecule is CC(C)(C)OC(=O)NCCNC(=O)c1cnn(C2=CC3CN(C2)C(=O)N3)c1. The second-order valence-corrected chi connectivity index (χ2v) is 7.45. The smallest absolute Gasteiger partial charge is 0.407 e. The van der Waals surface area contributed by atoms with Gasteiger partial charge in [-0.1, -0.05) is 0 Å². The van der Waals surface area contributed by atoms with Gasteiger partial charge in [-0.15, -0.1) is 0 Å². The zero-order valence-electron chi connectivity index (χ0n) is 15.6. The molecule has 0 saturated carbocycles. The Labute approximate surface area is 156 Å². The Bertz CT molecular complexity index is 779. The van der Waals surface area contributed by atoms with Crippen molar-refractivity contribution in [3.8, 4) is 0 Å². The van der Waals surface area contributed by atoms with E-state index in [1.807, 2.05) is 6.08 Å². The number of urea groups is 1. The van der Waals surface area contributed by atoms with Gasteiger partial charge in [-0.25, -0.2) is 14.3 Å².